The molecule has 2 amide bonds. The smallest absolute Gasteiger partial charge is 0.259 e. The fourth-order valence-electron chi connectivity index (χ4n) is 4.24. The van der Waals surface area contributed by atoms with E-state index in [1.54, 1.807) is 30.0 Å². The van der Waals surface area contributed by atoms with E-state index in [0.717, 1.165) is 0 Å². The van der Waals surface area contributed by atoms with Crippen molar-refractivity contribution in [3.05, 3.63) is 58.6 Å². The second kappa shape index (κ2) is 8.98. The van der Waals surface area contributed by atoms with Gasteiger partial charge < -0.3 is 24.2 Å². The van der Waals surface area contributed by atoms with Gasteiger partial charge in [0.25, 0.3) is 5.91 Å². The summed E-state index contributed by atoms with van der Waals surface area (Å²) in [6.45, 7) is 2.50. The number of hydrogen-bond donors (Lipinski definition) is 1. The van der Waals surface area contributed by atoms with Crippen molar-refractivity contribution in [3.8, 4) is 22.8 Å². The van der Waals surface area contributed by atoms with Crippen molar-refractivity contribution in [2.24, 2.45) is 5.92 Å². The molecule has 0 radical (unpaired) electrons. The van der Waals surface area contributed by atoms with Crippen molar-refractivity contribution in [1.82, 2.24) is 10.1 Å². The summed E-state index contributed by atoms with van der Waals surface area (Å²) in [5, 5.41) is 6.95. The molecule has 1 saturated heterocycles. The fraction of sp³-hybridized carbons (Fsp3) is 0.292. The quantitative estimate of drug-likeness (QED) is 0.577. The first kappa shape index (κ1) is 22.2. The zero-order valence-corrected chi connectivity index (χ0v) is 19.0. The molecular weight excluding hydrogens is 465 g/mol. The molecule has 2 aromatic carbocycles. The van der Waals surface area contributed by atoms with Crippen LogP contribution >= 0.6 is 11.6 Å². The van der Waals surface area contributed by atoms with Gasteiger partial charge in [0.2, 0.25) is 12.7 Å². The van der Waals surface area contributed by atoms with Crippen LogP contribution in [0.1, 0.15) is 29.0 Å². The van der Waals surface area contributed by atoms with Crippen LogP contribution < -0.4 is 14.8 Å². The second-order valence-corrected chi connectivity index (χ2v) is 8.59. The molecule has 1 N–H and O–H groups in total. The van der Waals surface area contributed by atoms with E-state index in [1.165, 1.54) is 18.2 Å². The molecule has 34 heavy (non-hydrogen) atoms. The molecule has 0 unspecified atom stereocenters. The lowest BCUT2D eigenvalue weighted by molar-refractivity contribution is -0.121. The largest absolute Gasteiger partial charge is 0.454 e. The number of halogens is 2. The highest BCUT2D eigenvalue weighted by Crippen LogP contribution is 2.36. The molecule has 0 aliphatic carbocycles. The van der Waals surface area contributed by atoms with Gasteiger partial charge in [0.15, 0.2) is 11.5 Å². The van der Waals surface area contributed by atoms with Crippen molar-refractivity contribution in [2.75, 3.05) is 25.2 Å². The Morgan fingerprint density at radius 2 is 1.91 bits per heavy atom. The van der Waals surface area contributed by atoms with Gasteiger partial charge in [0.05, 0.1) is 10.6 Å². The number of benzene rings is 2. The van der Waals surface area contributed by atoms with Crippen LogP contribution in [0, 0.1) is 18.7 Å². The minimum absolute atomic E-state index is 0.0300. The number of likely N-dealkylation sites (tertiary alicyclic amines) is 1. The van der Waals surface area contributed by atoms with Gasteiger partial charge in [0.1, 0.15) is 22.8 Å². The molecule has 1 fully saturated rings. The average molecular weight is 486 g/mol. The maximum atomic E-state index is 14.5. The van der Waals surface area contributed by atoms with Crippen molar-refractivity contribution >= 4 is 29.1 Å². The number of rotatable bonds is 4. The summed E-state index contributed by atoms with van der Waals surface area (Å²) in [7, 11) is 0. The topological polar surface area (TPSA) is 93.9 Å². The number of carbonyl (C=O) groups is 2. The predicted molar refractivity (Wildman–Crippen MR) is 121 cm³/mol. The summed E-state index contributed by atoms with van der Waals surface area (Å²) in [6, 6.07) is 9.50. The summed E-state index contributed by atoms with van der Waals surface area (Å²) in [6.07, 6.45) is 0.977. The Bertz CT molecular complexity index is 1250. The van der Waals surface area contributed by atoms with Crippen LogP contribution in [0.4, 0.5) is 10.1 Å². The molecular formula is C24H21ClFN3O5. The highest BCUT2D eigenvalue weighted by Gasteiger charge is 2.32. The number of aromatic nitrogens is 1. The van der Waals surface area contributed by atoms with Gasteiger partial charge in [0, 0.05) is 30.8 Å². The monoisotopic (exact) mass is 485 g/mol. The molecule has 0 atom stereocenters. The van der Waals surface area contributed by atoms with Crippen LogP contribution in [0.25, 0.3) is 11.3 Å². The molecule has 3 heterocycles. The van der Waals surface area contributed by atoms with Crippen molar-refractivity contribution < 1.29 is 28.0 Å². The third-order valence-electron chi connectivity index (χ3n) is 6.07. The molecule has 0 saturated carbocycles. The zero-order chi connectivity index (χ0) is 23.8. The Labute approximate surface area is 199 Å². The standard InChI is InChI=1S/C24H21ClFN3O5/c1-13-20(22(28-34-13)21-16(25)3-2-4-17(21)26)24(31)29-9-7-14(8-10-29)23(30)27-15-5-6-18-19(11-15)33-12-32-18/h2-6,11,14H,7-10,12H2,1H3,(H,27,30). The van der Waals surface area contributed by atoms with Gasteiger partial charge in [-0.2, -0.15) is 0 Å². The molecule has 176 valence electrons. The fourth-order valence-corrected chi connectivity index (χ4v) is 4.49. The minimum Gasteiger partial charge on any atom is -0.454 e. The van der Waals surface area contributed by atoms with Crippen LogP contribution in [0.2, 0.25) is 5.02 Å². The molecule has 1 aromatic heterocycles. The van der Waals surface area contributed by atoms with E-state index >= 15 is 0 Å². The molecule has 2 aliphatic heterocycles. The number of carbonyl (C=O) groups excluding carboxylic acids is 2. The molecule has 2 aliphatic rings. The van der Waals surface area contributed by atoms with E-state index in [4.69, 9.17) is 25.6 Å². The Morgan fingerprint density at radius 3 is 2.68 bits per heavy atom. The first-order valence-electron chi connectivity index (χ1n) is 10.8. The number of anilines is 1. The molecule has 3 aromatic rings. The van der Waals surface area contributed by atoms with Crippen molar-refractivity contribution in [3.63, 3.8) is 0 Å². The number of nitrogens with one attached hydrogen (secondary N) is 1. The zero-order valence-electron chi connectivity index (χ0n) is 18.3. The minimum atomic E-state index is -0.589. The van der Waals surface area contributed by atoms with Gasteiger partial charge in [-0.3, -0.25) is 9.59 Å². The van der Waals surface area contributed by atoms with E-state index in [1.807, 2.05) is 0 Å². The highest BCUT2D eigenvalue weighted by atomic mass is 35.5. The first-order valence-corrected chi connectivity index (χ1v) is 11.2. The molecule has 5 rings (SSSR count). The van der Waals surface area contributed by atoms with Crippen LogP contribution in [0.3, 0.4) is 0 Å². The van der Waals surface area contributed by atoms with Gasteiger partial charge in [-0.25, -0.2) is 4.39 Å². The normalized spacial score (nSPS) is 15.4. The van der Waals surface area contributed by atoms with E-state index in [9.17, 15) is 14.0 Å². The molecule has 8 nitrogen and oxygen atoms in total. The van der Waals surface area contributed by atoms with Crippen LogP contribution in [0.5, 0.6) is 11.5 Å². The molecule has 10 heteroatoms. The number of hydrogen-bond acceptors (Lipinski definition) is 6. The van der Waals surface area contributed by atoms with Crippen molar-refractivity contribution in [1.29, 1.82) is 0 Å². The lowest BCUT2D eigenvalue weighted by atomic mass is 9.94. The molecule has 0 spiro atoms. The van der Waals surface area contributed by atoms with Crippen LogP contribution in [-0.2, 0) is 4.79 Å². The number of piperidine rings is 1. The summed E-state index contributed by atoms with van der Waals surface area (Å²) >= 11 is 6.18. The lowest BCUT2D eigenvalue weighted by Gasteiger charge is -2.31. The Kier molecular flexibility index (Phi) is 5.87. The third kappa shape index (κ3) is 4.07. The first-order chi connectivity index (χ1) is 16.4. The SMILES string of the molecule is Cc1onc(-c2c(F)cccc2Cl)c1C(=O)N1CCC(C(=O)Nc2ccc3c(c2)OCO3)CC1. The number of nitrogens with zero attached hydrogens (tertiary/aromatic N) is 2. The number of aryl methyl sites for hydroxylation is 1. The van der Waals surface area contributed by atoms with E-state index < -0.39 is 5.82 Å². The molecule has 0 bridgehead atoms. The number of amides is 2. The number of ether oxygens (including phenoxy) is 2. The van der Waals surface area contributed by atoms with Gasteiger partial charge in [-0.05, 0) is 44.0 Å². The van der Waals surface area contributed by atoms with Gasteiger partial charge in [-0.1, -0.05) is 22.8 Å². The Morgan fingerprint density at radius 1 is 1.15 bits per heavy atom. The van der Waals surface area contributed by atoms with E-state index in [-0.39, 0.29) is 52.1 Å². The highest BCUT2D eigenvalue weighted by molar-refractivity contribution is 6.33. The summed E-state index contributed by atoms with van der Waals surface area (Å²) in [4.78, 5) is 27.7. The van der Waals surface area contributed by atoms with Gasteiger partial charge in [-0.15, -0.1) is 0 Å². The van der Waals surface area contributed by atoms with Gasteiger partial charge >= 0.3 is 0 Å². The second-order valence-electron chi connectivity index (χ2n) is 8.18. The maximum Gasteiger partial charge on any atom is 0.259 e. The summed E-state index contributed by atoms with van der Waals surface area (Å²) in [5.74, 6) is 0.223. The summed E-state index contributed by atoms with van der Waals surface area (Å²) < 4.78 is 30.3. The predicted octanol–water partition coefficient (Wildman–Crippen LogP) is 4.66. The maximum absolute atomic E-state index is 14.5. The lowest BCUT2D eigenvalue weighted by Crippen LogP contribution is -2.41. The third-order valence-corrected chi connectivity index (χ3v) is 6.38. The number of fused-ring (bicyclic) bond motifs is 1. The Hall–Kier alpha value is -3.59. The Balaban J connectivity index is 1.26. The summed E-state index contributed by atoms with van der Waals surface area (Å²) in [5.41, 5.74) is 0.908. The average Bonchev–Trinajstić information content (AvgIpc) is 3.45. The van der Waals surface area contributed by atoms with E-state index in [2.05, 4.69) is 10.5 Å². The van der Waals surface area contributed by atoms with E-state index in [0.29, 0.717) is 43.1 Å². The van der Waals surface area contributed by atoms with Crippen LogP contribution in [0.15, 0.2) is 40.9 Å². The van der Waals surface area contributed by atoms with Crippen LogP contribution in [-0.4, -0.2) is 41.8 Å². The van der Waals surface area contributed by atoms with Crippen molar-refractivity contribution in [2.45, 2.75) is 19.8 Å².